The third kappa shape index (κ3) is 11.6. The Morgan fingerprint density at radius 1 is 1.29 bits per heavy atom. The lowest BCUT2D eigenvalue weighted by atomic mass is 10.1. The molecule has 100 valence electrons. The largest absolute Gasteiger partial charge is 0.492 e. The molecule has 0 rings (SSSR count). The molecule has 5 nitrogen and oxygen atoms in total. The van der Waals surface area contributed by atoms with Crippen LogP contribution in [-0.2, 0) is 9.53 Å². The van der Waals surface area contributed by atoms with Crippen LogP contribution in [-0.4, -0.2) is 35.3 Å². The number of carbonyl (C=O) groups is 1. The van der Waals surface area contributed by atoms with Crippen LogP contribution in [0.3, 0.4) is 0 Å². The number of carbonyl (C=O) groups excluding carboxylic acids is 1. The fraction of sp³-hybridized carbons (Fsp3) is 0.727. The molecule has 0 aromatic rings. The number of ether oxygens (including phenoxy) is 1. The maximum atomic E-state index is 10.8. The summed E-state index contributed by atoms with van der Waals surface area (Å²) < 4.78 is 4.99. The van der Waals surface area contributed by atoms with Crippen LogP contribution < -0.4 is 0 Å². The molecule has 0 saturated heterocycles. The normalized spacial score (nSPS) is 13.2. The fourth-order valence-corrected chi connectivity index (χ4v) is 2.18. The van der Waals surface area contributed by atoms with Crippen molar-refractivity contribution in [1.82, 2.24) is 0 Å². The molecule has 0 radical (unpaired) electrons. The van der Waals surface area contributed by atoms with Crippen molar-refractivity contribution in [2.45, 2.75) is 51.2 Å². The molecule has 0 saturated carbocycles. The average molecular weight is 262 g/mol. The van der Waals surface area contributed by atoms with Crippen LogP contribution in [0.1, 0.15) is 39.0 Å². The van der Waals surface area contributed by atoms with Crippen molar-refractivity contribution < 1.29 is 23.9 Å². The van der Waals surface area contributed by atoms with Crippen LogP contribution >= 0.6 is 0 Å². The lowest BCUT2D eigenvalue weighted by molar-refractivity contribution is -0.142. The SMILES string of the molecule is C=CC(=O)OC(C)CCCCCC[Si](O)(O)O. The maximum Gasteiger partial charge on any atom is 0.492 e. The zero-order chi connectivity index (χ0) is 13.3. The number of rotatable bonds is 9. The van der Waals surface area contributed by atoms with E-state index in [0.29, 0.717) is 6.42 Å². The molecule has 0 aliphatic heterocycles. The third-order valence-electron chi connectivity index (χ3n) is 2.36. The van der Waals surface area contributed by atoms with Gasteiger partial charge in [0.15, 0.2) is 0 Å². The second-order valence-corrected chi connectivity index (χ2v) is 6.23. The van der Waals surface area contributed by atoms with Gasteiger partial charge in [-0.15, -0.1) is 0 Å². The van der Waals surface area contributed by atoms with E-state index in [0.717, 1.165) is 31.8 Å². The number of esters is 1. The first-order valence-corrected chi connectivity index (χ1v) is 7.90. The first-order valence-electron chi connectivity index (χ1n) is 5.85. The van der Waals surface area contributed by atoms with Crippen LogP contribution in [0, 0.1) is 0 Å². The van der Waals surface area contributed by atoms with Gasteiger partial charge in [0.2, 0.25) is 0 Å². The molecular weight excluding hydrogens is 240 g/mol. The van der Waals surface area contributed by atoms with E-state index < -0.39 is 14.8 Å². The van der Waals surface area contributed by atoms with Gasteiger partial charge in [-0.2, -0.15) is 0 Å². The van der Waals surface area contributed by atoms with Crippen LogP contribution in [0.4, 0.5) is 0 Å². The Bertz CT molecular complexity index is 237. The molecule has 3 N–H and O–H groups in total. The molecule has 0 aromatic carbocycles. The molecule has 1 atom stereocenters. The Morgan fingerprint density at radius 3 is 2.41 bits per heavy atom. The molecule has 0 fully saturated rings. The number of hydrogen-bond acceptors (Lipinski definition) is 5. The van der Waals surface area contributed by atoms with Crippen LogP contribution in [0.2, 0.25) is 6.04 Å². The molecule has 0 spiro atoms. The molecular formula is C11H22O5Si. The summed E-state index contributed by atoms with van der Waals surface area (Å²) >= 11 is 0. The Kier molecular flexibility index (Phi) is 8.06. The molecule has 0 amide bonds. The monoisotopic (exact) mass is 262 g/mol. The second-order valence-electron chi connectivity index (χ2n) is 4.18. The van der Waals surface area contributed by atoms with Crippen LogP contribution in [0.15, 0.2) is 12.7 Å². The summed E-state index contributed by atoms with van der Waals surface area (Å²) in [7, 11) is -3.85. The lowest BCUT2D eigenvalue weighted by Gasteiger charge is -2.12. The molecule has 0 bridgehead atoms. The zero-order valence-electron chi connectivity index (χ0n) is 10.3. The van der Waals surface area contributed by atoms with E-state index in [2.05, 4.69) is 6.58 Å². The lowest BCUT2D eigenvalue weighted by Crippen LogP contribution is -2.33. The van der Waals surface area contributed by atoms with Gasteiger partial charge in [0.05, 0.1) is 6.10 Å². The van der Waals surface area contributed by atoms with Crippen molar-refractivity contribution >= 4 is 14.8 Å². The molecule has 0 heterocycles. The quantitative estimate of drug-likeness (QED) is 0.249. The van der Waals surface area contributed by atoms with E-state index in [-0.39, 0.29) is 12.1 Å². The first-order chi connectivity index (χ1) is 7.85. The van der Waals surface area contributed by atoms with Gasteiger partial charge in [0, 0.05) is 12.1 Å². The number of unbranched alkanes of at least 4 members (excludes halogenated alkanes) is 3. The van der Waals surface area contributed by atoms with Crippen molar-refractivity contribution in [2.75, 3.05) is 0 Å². The van der Waals surface area contributed by atoms with Gasteiger partial charge in [-0.05, 0) is 26.2 Å². The van der Waals surface area contributed by atoms with E-state index in [1.807, 2.05) is 6.92 Å². The van der Waals surface area contributed by atoms with E-state index in [1.54, 1.807) is 0 Å². The summed E-state index contributed by atoms with van der Waals surface area (Å²) in [5, 5.41) is 0. The van der Waals surface area contributed by atoms with Gasteiger partial charge < -0.3 is 19.1 Å². The maximum absolute atomic E-state index is 10.8. The molecule has 17 heavy (non-hydrogen) atoms. The predicted octanol–water partition coefficient (Wildman–Crippen LogP) is 0.970. The van der Waals surface area contributed by atoms with Crippen molar-refractivity contribution in [3.05, 3.63) is 12.7 Å². The third-order valence-corrected chi connectivity index (χ3v) is 3.38. The van der Waals surface area contributed by atoms with Gasteiger partial charge in [0.1, 0.15) is 0 Å². The van der Waals surface area contributed by atoms with Crippen molar-refractivity contribution in [2.24, 2.45) is 0 Å². The van der Waals surface area contributed by atoms with Crippen LogP contribution in [0.25, 0.3) is 0 Å². The van der Waals surface area contributed by atoms with Gasteiger partial charge in [-0.25, -0.2) is 4.79 Å². The van der Waals surface area contributed by atoms with Crippen molar-refractivity contribution in [3.63, 3.8) is 0 Å². The summed E-state index contributed by atoms with van der Waals surface area (Å²) in [6.45, 7) is 5.14. The van der Waals surface area contributed by atoms with E-state index >= 15 is 0 Å². The molecule has 1 unspecified atom stereocenters. The van der Waals surface area contributed by atoms with Gasteiger partial charge >= 0.3 is 14.8 Å². The van der Waals surface area contributed by atoms with E-state index in [1.165, 1.54) is 0 Å². The minimum Gasteiger partial charge on any atom is -0.460 e. The fourth-order valence-electron chi connectivity index (χ4n) is 1.45. The zero-order valence-corrected chi connectivity index (χ0v) is 11.3. The standard InChI is InChI=1S/C11H22O5Si/c1-3-11(12)16-10(2)8-6-4-5-7-9-17(13,14)15/h3,10,13-15H,1,4-9H2,2H3. The highest BCUT2D eigenvalue weighted by molar-refractivity contribution is 6.56. The summed E-state index contributed by atoms with van der Waals surface area (Å²) in [5.74, 6) is -0.408. The molecule has 6 heteroatoms. The van der Waals surface area contributed by atoms with E-state index in [4.69, 9.17) is 19.1 Å². The smallest absolute Gasteiger partial charge is 0.460 e. The van der Waals surface area contributed by atoms with Gasteiger partial charge in [-0.3, -0.25) is 0 Å². The minimum absolute atomic E-state index is 0.0913. The molecule has 0 aliphatic rings. The highest BCUT2D eigenvalue weighted by Crippen LogP contribution is 2.12. The highest BCUT2D eigenvalue weighted by atomic mass is 28.4. The van der Waals surface area contributed by atoms with Crippen LogP contribution in [0.5, 0.6) is 0 Å². The summed E-state index contributed by atoms with van der Waals surface area (Å²) in [5.41, 5.74) is 0. The molecule has 0 aromatic heterocycles. The summed E-state index contributed by atoms with van der Waals surface area (Å²) in [6, 6.07) is 0.0913. The first kappa shape index (κ1) is 16.3. The predicted molar refractivity (Wildman–Crippen MR) is 66.1 cm³/mol. The Labute approximate surface area is 103 Å². The number of hydrogen-bond donors (Lipinski definition) is 3. The van der Waals surface area contributed by atoms with Gasteiger partial charge in [-0.1, -0.05) is 19.4 Å². The molecule has 0 aliphatic carbocycles. The summed E-state index contributed by atoms with van der Waals surface area (Å²) in [6.07, 6.45) is 5.06. The Morgan fingerprint density at radius 2 is 1.88 bits per heavy atom. The van der Waals surface area contributed by atoms with E-state index in [9.17, 15) is 4.79 Å². The summed E-state index contributed by atoms with van der Waals surface area (Å²) in [4.78, 5) is 37.2. The highest BCUT2D eigenvalue weighted by Gasteiger charge is 2.25. The van der Waals surface area contributed by atoms with Gasteiger partial charge in [0.25, 0.3) is 0 Å². The Balaban J connectivity index is 3.39. The topological polar surface area (TPSA) is 87.0 Å². The minimum atomic E-state index is -3.85. The van der Waals surface area contributed by atoms with Crippen molar-refractivity contribution in [1.29, 1.82) is 0 Å². The Hall–Kier alpha value is -0.693. The van der Waals surface area contributed by atoms with Crippen molar-refractivity contribution in [3.8, 4) is 0 Å². The second kappa shape index (κ2) is 8.41. The average Bonchev–Trinajstić information content (AvgIpc) is 2.21.